The Labute approximate surface area is 105 Å². The van der Waals surface area contributed by atoms with Gasteiger partial charge < -0.3 is 5.32 Å². The molecule has 1 nitrogen and oxygen atoms in total. The summed E-state index contributed by atoms with van der Waals surface area (Å²) in [4.78, 5) is 0. The second kappa shape index (κ2) is 6.51. The minimum atomic E-state index is 0.228. The van der Waals surface area contributed by atoms with Gasteiger partial charge in [-0.3, -0.25) is 0 Å². The van der Waals surface area contributed by atoms with E-state index in [0.717, 1.165) is 17.4 Å². The maximum absolute atomic E-state index is 5.94. The Morgan fingerprint density at radius 3 is 2.60 bits per heavy atom. The molecule has 1 rings (SSSR count). The van der Waals surface area contributed by atoms with Crippen molar-refractivity contribution in [1.82, 2.24) is 5.32 Å². The summed E-state index contributed by atoms with van der Waals surface area (Å²) in [6, 6.07) is 8.71. The smallest absolute Gasteiger partial charge is 0.0322 e. The van der Waals surface area contributed by atoms with E-state index < -0.39 is 0 Å². The van der Waals surface area contributed by atoms with Crippen LogP contribution in [-0.2, 0) is 6.54 Å². The summed E-state index contributed by atoms with van der Waals surface area (Å²) in [5.74, 6) is 0. The van der Waals surface area contributed by atoms with E-state index in [1.165, 1.54) is 5.56 Å². The van der Waals surface area contributed by atoms with Gasteiger partial charge >= 0.3 is 0 Å². The summed E-state index contributed by atoms with van der Waals surface area (Å²) in [5, 5.41) is 3.69. The molecule has 0 saturated carbocycles. The molecule has 1 aromatic carbocycles. The number of hydrogen-bond acceptors (Lipinski definition) is 1. The van der Waals surface area contributed by atoms with E-state index in [2.05, 4.69) is 46.4 Å². The molecule has 0 spiro atoms. The Bertz CT molecular complexity index is 301. The minimum absolute atomic E-state index is 0.228. The lowest BCUT2D eigenvalue weighted by atomic mass is 10.1. The number of nitrogens with one attached hydrogen (secondary N) is 1. The highest BCUT2D eigenvalue weighted by molar-refractivity contribution is 9.10. The summed E-state index contributed by atoms with van der Waals surface area (Å²) >= 11 is 9.47. The van der Waals surface area contributed by atoms with Crippen molar-refractivity contribution in [3.8, 4) is 0 Å². The predicted octanol–water partition coefficient (Wildman–Crippen LogP) is 3.94. The first-order valence-corrected chi connectivity index (χ1v) is 6.43. The van der Waals surface area contributed by atoms with Gasteiger partial charge in [0.15, 0.2) is 0 Å². The summed E-state index contributed by atoms with van der Waals surface area (Å²) in [5.41, 5.74) is 1.28. The van der Waals surface area contributed by atoms with Gasteiger partial charge in [-0.05, 0) is 31.9 Å². The number of hydrogen-bond donors (Lipinski definition) is 1. The average Bonchev–Trinajstić information content (AvgIpc) is 2.15. The van der Waals surface area contributed by atoms with Crippen LogP contribution >= 0.6 is 27.5 Å². The van der Waals surface area contributed by atoms with Crippen LogP contribution in [0.5, 0.6) is 0 Å². The Morgan fingerprint density at radius 1 is 1.33 bits per heavy atom. The van der Waals surface area contributed by atoms with Gasteiger partial charge in [-0.25, -0.2) is 0 Å². The van der Waals surface area contributed by atoms with Gasteiger partial charge in [0.2, 0.25) is 0 Å². The van der Waals surface area contributed by atoms with Crippen LogP contribution in [0.4, 0.5) is 0 Å². The monoisotopic (exact) mass is 289 g/mol. The van der Waals surface area contributed by atoms with E-state index in [1.807, 2.05) is 13.0 Å². The topological polar surface area (TPSA) is 12.0 Å². The van der Waals surface area contributed by atoms with Gasteiger partial charge in [0, 0.05) is 22.4 Å². The first-order chi connectivity index (χ1) is 7.09. The molecule has 2 unspecified atom stereocenters. The van der Waals surface area contributed by atoms with Crippen LogP contribution in [0, 0.1) is 0 Å². The van der Waals surface area contributed by atoms with Gasteiger partial charge in [-0.15, -0.1) is 11.6 Å². The Morgan fingerprint density at radius 2 is 2.00 bits per heavy atom. The van der Waals surface area contributed by atoms with Gasteiger partial charge in [-0.1, -0.05) is 34.1 Å². The normalized spacial score (nSPS) is 14.9. The number of alkyl halides is 1. The molecule has 3 heteroatoms. The van der Waals surface area contributed by atoms with Crippen molar-refractivity contribution in [1.29, 1.82) is 0 Å². The number of rotatable bonds is 5. The fourth-order valence-electron chi connectivity index (χ4n) is 1.50. The molecule has 1 aromatic rings. The highest BCUT2D eigenvalue weighted by Crippen LogP contribution is 2.15. The van der Waals surface area contributed by atoms with Crippen molar-refractivity contribution in [2.24, 2.45) is 0 Å². The fourth-order valence-corrected chi connectivity index (χ4v) is 2.19. The SMILES string of the molecule is CC(Cl)CC(C)NCc1ccccc1Br. The van der Waals surface area contributed by atoms with Crippen LogP contribution in [0.15, 0.2) is 28.7 Å². The third-order valence-electron chi connectivity index (χ3n) is 2.28. The Kier molecular flexibility index (Phi) is 5.65. The quantitative estimate of drug-likeness (QED) is 0.810. The molecule has 1 N–H and O–H groups in total. The standard InChI is InChI=1S/C12H17BrClN/c1-9(14)7-10(2)15-8-11-5-3-4-6-12(11)13/h3-6,9-10,15H,7-8H2,1-2H3. The van der Waals surface area contributed by atoms with Crippen molar-refractivity contribution >= 4 is 27.5 Å². The summed E-state index contributed by atoms with van der Waals surface area (Å²) in [6.45, 7) is 5.07. The van der Waals surface area contributed by atoms with Crippen LogP contribution in [-0.4, -0.2) is 11.4 Å². The highest BCUT2D eigenvalue weighted by Gasteiger charge is 2.06. The molecule has 0 radical (unpaired) electrons. The summed E-state index contributed by atoms with van der Waals surface area (Å²) < 4.78 is 1.16. The minimum Gasteiger partial charge on any atom is -0.310 e. The molecular formula is C12H17BrClN. The Hall–Kier alpha value is -0.0500. The molecular weight excluding hydrogens is 273 g/mol. The third-order valence-corrected chi connectivity index (χ3v) is 3.23. The molecule has 0 aliphatic carbocycles. The zero-order valence-corrected chi connectivity index (χ0v) is 11.5. The zero-order valence-electron chi connectivity index (χ0n) is 9.13. The molecule has 84 valence electrons. The Balaban J connectivity index is 2.40. The van der Waals surface area contributed by atoms with E-state index in [9.17, 15) is 0 Å². The maximum Gasteiger partial charge on any atom is 0.0322 e. The molecule has 15 heavy (non-hydrogen) atoms. The first-order valence-electron chi connectivity index (χ1n) is 5.20. The fraction of sp³-hybridized carbons (Fsp3) is 0.500. The summed E-state index contributed by atoms with van der Waals surface area (Å²) in [7, 11) is 0. The predicted molar refractivity (Wildman–Crippen MR) is 70.4 cm³/mol. The van der Waals surface area contributed by atoms with Gasteiger partial charge in [0.25, 0.3) is 0 Å². The van der Waals surface area contributed by atoms with E-state index in [0.29, 0.717) is 6.04 Å². The largest absolute Gasteiger partial charge is 0.310 e. The zero-order chi connectivity index (χ0) is 11.3. The molecule has 0 aliphatic heterocycles. The van der Waals surface area contributed by atoms with E-state index in [1.54, 1.807) is 0 Å². The van der Waals surface area contributed by atoms with Crippen molar-refractivity contribution in [2.45, 2.75) is 38.2 Å². The molecule has 0 heterocycles. The van der Waals surface area contributed by atoms with Crippen molar-refractivity contribution < 1.29 is 0 Å². The number of halogens is 2. The second-order valence-electron chi connectivity index (χ2n) is 3.89. The van der Waals surface area contributed by atoms with E-state index in [4.69, 9.17) is 11.6 Å². The van der Waals surface area contributed by atoms with Crippen molar-refractivity contribution in [3.63, 3.8) is 0 Å². The van der Waals surface area contributed by atoms with Gasteiger partial charge in [0.05, 0.1) is 0 Å². The van der Waals surface area contributed by atoms with Gasteiger partial charge in [-0.2, -0.15) is 0 Å². The molecule has 0 bridgehead atoms. The van der Waals surface area contributed by atoms with Crippen LogP contribution in [0.1, 0.15) is 25.8 Å². The van der Waals surface area contributed by atoms with Crippen LogP contribution in [0.3, 0.4) is 0 Å². The lowest BCUT2D eigenvalue weighted by molar-refractivity contribution is 0.511. The van der Waals surface area contributed by atoms with Crippen LogP contribution < -0.4 is 5.32 Å². The highest BCUT2D eigenvalue weighted by atomic mass is 79.9. The van der Waals surface area contributed by atoms with Crippen LogP contribution in [0.25, 0.3) is 0 Å². The van der Waals surface area contributed by atoms with Crippen molar-refractivity contribution in [2.75, 3.05) is 0 Å². The number of benzene rings is 1. The lowest BCUT2D eigenvalue weighted by Gasteiger charge is -2.15. The maximum atomic E-state index is 5.94. The molecule has 0 amide bonds. The van der Waals surface area contributed by atoms with Crippen LogP contribution in [0.2, 0.25) is 0 Å². The van der Waals surface area contributed by atoms with Crippen molar-refractivity contribution in [3.05, 3.63) is 34.3 Å². The molecule has 0 aliphatic rings. The molecule has 0 aromatic heterocycles. The lowest BCUT2D eigenvalue weighted by Crippen LogP contribution is -2.27. The van der Waals surface area contributed by atoms with E-state index >= 15 is 0 Å². The molecule has 2 atom stereocenters. The second-order valence-corrected chi connectivity index (χ2v) is 5.49. The molecule has 0 saturated heterocycles. The molecule has 0 fully saturated rings. The van der Waals surface area contributed by atoms with E-state index in [-0.39, 0.29) is 5.38 Å². The summed E-state index contributed by atoms with van der Waals surface area (Å²) in [6.07, 6.45) is 0.992. The third kappa shape index (κ3) is 5.01. The average molecular weight is 291 g/mol. The first kappa shape index (κ1) is 13.0. The van der Waals surface area contributed by atoms with Gasteiger partial charge in [0.1, 0.15) is 0 Å².